The largest absolute Gasteiger partial charge is 0.255 e. The van der Waals surface area contributed by atoms with Crippen molar-refractivity contribution < 1.29 is 0 Å². The lowest BCUT2D eigenvalue weighted by Crippen LogP contribution is -2.36. The number of halogens is 1. The molecule has 2 aliphatic heterocycles. The fourth-order valence-corrected chi connectivity index (χ4v) is 2.31. The number of fused-ring (bicyclic) bond motifs is 3. The highest BCUT2D eigenvalue weighted by atomic mass is 35.5. The predicted octanol–water partition coefficient (Wildman–Crippen LogP) is 4.04. The second-order valence-electron chi connectivity index (χ2n) is 3.79. The van der Waals surface area contributed by atoms with E-state index in [0.29, 0.717) is 5.16 Å². The first-order chi connectivity index (χ1) is 8.79. The highest BCUT2D eigenvalue weighted by Crippen LogP contribution is 2.37. The molecule has 0 saturated heterocycles. The summed E-state index contributed by atoms with van der Waals surface area (Å²) < 4.78 is 0. The summed E-state index contributed by atoms with van der Waals surface area (Å²) in [6, 6.07) is 5.80. The summed E-state index contributed by atoms with van der Waals surface area (Å²) in [4.78, 5) is 4.00. The van der Waals surface area contributed by atoms with Crippen molar-refractivity contribution in [3.05, 3.63) is 53.5 Å². The van der Waals surface area contributed by atoms with Crippen molar-refractivity contribution in [3.63, 3.8) is 0 Å². The smallest absolute Gasteiger partial charge is 0.129 e. The third-order valence-corrected chi connectivity index (χ3v) is 3.10. The molecule has 0 N–H and O–H groups in total. The molecule has 3 rings (SSSR count). The molecule has 1 aromatic carbocycles. The highest BCUT2D eigenvalue weighted by molar-refractivity contribution is 7.78. The van der Waals surface area contributed by atoms with Gasteiger partial charge in [-0.1, -0.05) is 17.7 Å². The van der Waals surface area contributed by atoms with Crippen LogP contribution in [0.3, 0.4) is 0 Å². The summed E-state index contributed by atoms with van der Waals surface area (Å²) in [5.74, 6) is 0. The van der Waals surface area contributed by atoms with Gasteiger partial charge < -0.3 is 0 Å². The van der Waals surface area contributed by atoms with Crippen LogP contribution in [-0.4, -0.2) is 10.2 Å². The van der Waals surface area contributed by atoms with Crippen molar-refractivity contribution >= 4 is 46.4 Å². The van der Waals surface area contributed by atoms with Crippen LogP contribution in [0.5, 0.6) is 0 Å². The van der Waals surface area contributed by atoms with E-state index in [-0.39, 0.29) is 0 Å². The van der Waals surface area contributed by atoms with Gasteiger partial charge in [0, 0.05) is 18.0 Å². The number of rotatable bonds is 1. The Hall–Kier alpha value is -1.87. The third kappa shape index (κ3) is 1.77. The molecule has 5 heteroatoms. The molecule has 0 aliphatic carbocycles. The molecule has 0 fully saturated rings. The van der Waals surface area contributed by atoms with Crippen molar-refractivity contribution in [2.75, 3.05) is 5.01 Å². The summed E-state index contributed by atoms with van der Waals surface area (Å²) in [5.41, 5.74) is 2.82. The van der Waals surface area contributed by atoms with Gasteiger partial charge >= 0.3 is 0 Å². The highest BCUT2D eigenvalue weighted by Gasteiger charge is 2.23. The fraction of sp³-hybridized carbons (Fsp3) is 0. The second kappa shape index (κ2) is 4.42. The molecule has 0 aromatic heterocycles. The van der Waals surface area contributed by atoms with Crippen LogP contribution in [0.4, 0.5) is 11.4 Å². The van der Waals surface area contributed by atoms with E-state index >= 15 is 0 Å². The molecule has 0 saturated carbocycles. The van der Waals surface area contributed by atoms with Crippen molar-refractivity contribution in [1.82, 2.24) is 5.01 Å². The molecule has 0 radical (unpaired) electrons. The van der Waals surface area contributed by atoms with Gasteiger partial charge in [0.1, 0.15) is 5.16 Å². The van der Waals surface area contributed by atoms with Crippen molar-refractivity contribution in [2.45, 2.75) is 0 Å². The normalized spacial score (nSPS) is 15.7. The van der Waals surface area contributed by atoms with E-state index in [4.69, 9.17) is 11.6 Å². The molecular formula is C13H8ClN3S. The quantitative estimate of drug-likeness (QED) is 0.437. The molecule has 3 nitrogen and oxygen atoms in total. The molecular weight excluding hydrogens is 266 g/mol. The minimum absolute atomic E-state index is 0.647. The van der Waals surface area contributed by atoms with Gasteiger partial charge in [-0.15, -0.1) is 0 Å². The lowest BCUT2D eigenvalue weighted by Gasteiger charge is -2.37. The average Bonchev–Trinajstić information content (AvgIpc) is 2.40. The number of benzene rings is 1. The van der Waals surface area contributed by atoms with Gasteiger partial charge in [0.2, 0.25) is 0 Å². The molecule has 2 heterocycles. The van der Waals surface area contributed by atoms with Gasteiger partial charge in [-0.25, -0.2) is 5.01 Å². The van der Waals surface area contributed by atoms with Crippen molar-refractivity contribution in [3.8, 4) is 0 Å². The van der Waals surface area contributed by atoms with E-state index in [9.17, 15) is 0 Å². The number of aliphatic imine (C=N–C) groups is 1. The summed E-state index contributed by atoms with van der Waals surface area (Å²) in [6.07, 6.45) is 9.64. The lowest BCUT2D eigenvalue weighted by molar-refractivity contribution is 0.491. The van der Waals surface area contributed by atoms with Crippen molar-refractivity contribution in [2.24, 2.45) is 4.99 Å². The maximum absolute atomic E-state index is 6.23. The zero-order chi connectivity index (χ0) is 12.5. The lowest BCUT2D eigenvalue weighted by atomic mass is 10.1. The number of hydrogen-bond acceptors (Lipinski definition) is 4. The van der Waals surface area contributed by atoms with E-state index in [1.54, 1.807) is 0 Å². The van der Waals surface area contributed by atoms with Gasteiger partial charge in [0.05, 0.1) is 16.5 Å². The maximum atomic E-state index is 6.23. The molecule has 0 amide bonds. The standard InChI is InChI=1S/C13H8ClN3S/c14-13-7-10-3-4-11(15-9-18)8-12(10)16-5-1-2-6-17(13)16/h1-8H. The maximum Gasteiger partial charge on any atom is 0.129 e. The van der Waals surface area contributed by atoms with E-state index in [1.807, 2.05) is 58.8 Å². The van der Waals surface area contributed by atoms with Crippen LogP contribution in [0.15, 0.2) is 52.9 Å². The summed E-state index contributed by atoms with van der Waals surface area (Å²) in [5, 5.41) is 6.84. The number of anilines is 1. The second-order valence-corrected chi connectivity index (χ2v) is 4.36. The zero-order valence-corrected chi connectivity index (χ0v) is 10.8. The van der Waals surface area contributed by atoms with Crippen LogP contribution in [0.1, 0.15) is 5.56 Å². The minimum Gasteiger partial charge on any atom is -0.255 e. The fourth-order valence-electron chi connectivity index (χ4n) is 1.95. The Balaban J connectivity index is 2.16. The monoisotopic (exact) mass is 273 g/mol. The topological polar surface area (TPSA) is 18.8 Å². The molecule has 1 aromatic rings. The molecule has 0 unspecified atom stereocenters. The van der Waals surface area contributed by atoms with E-state index < -0.39 is 0 Å². The Labute approximate surface area is 115 Å². The molecule has 0 atom stereocenters. The van der Waals surface area contributed by atoms with E-state index in [0.717, 1.165) is 16.9 Å². The zero-order valence-electron chi connectivity index (χ0n) is 9.25. The van der Waals surface area contributed by atoms with Gasteiger partial charge in [-0.3, -0.25) is 5.01 Å². The minimum atomic E-state index is 0.647. The van der Waals surface area contributed by atoms with Crippen LogP contribution in [-0.2, 0) is 0 Å². The molecule has 0 spiro atoms. The summed E-state index contributed by atoms with van der Waals surface area (Å²) in [7, 11) is 0. The molecule has 0 bridgehead atoms. The Morgan fingerprint density at radius 3 is 2.72 bits per heavy atom. The first-order valence-corrected chi connectivity index (χ1v) is 6.11. The first kappa shape index (κ1) is 11.2. The van der Waals surface area contributed by atoms with Crippen LogP contribution < -0.4 is 5.01 Å². The van der Waals surface area contributed by atoms with Crippen molar-refractivity contribution in [1.29, 1.82) is 0 Å². The number of allylic oxidation sites excluding steroid dienone is 2. The number of thiocarbonyl (C=S) groups is 1. The number of hydrogen-bond donors (Lipinski definition) is 0. The molecule has 18 heavy (non-hydrogen) atoms. The van der Waals surface area contributed by atoms with Gasteiger partial charge in [0.25, 0.3) is 0 Å². The van der Waals surface area contributed by atoms with E-state index in [2.05, 4.69) is 22.4 Å². The van der Waals surface area contributed by atoms with Crippen LogP contribution >= 0.6 is 23.8 Å². The Kier molecular flexibility index (Phi) is 2.76. The first-order valence-electron chi connectivity index (χ1n) is 5.32. The summed E-state index contributed by atoms with van der Waals surface area (Å²) in [6.45, 7) is 0. The number of isothiocyanates is 1. The average molecular weight is 274 g/mol. The summed E-state index contributed by atoms with van der Waals surface area (Å²) >= 11 is 10.9. The Morgan fingerprint density at radius 1 is 1.17 bits per heavy atom. The molecule has 88 valence electrons. The molecule has 2 aliphatic rings. The Bertz CT molecular complexity index is 642. The number of hydrazine groups is 1. The van der Waals surface area contributed by atoms with Crippen LogP contribution in [0.25, 0.3) is 6.08 Å². The number of nitrogens with zero attached hydrogens (tertiary/aromatic N) is 3. The van der Waals surface area contributed by atoms with Crippen LogP contribution in [0.2, 0.25) is 0 Å². The van der Waals surface area contributed by atoms with Crippen LogP contribution in [0, 0.1) is 0 Å². The van der Waals surface area contributed by atoms with E-state index in [1.165, 1.54) is 0 Å². The van der Waals surface area contributed by atoms with Gasteiger partial charge in [0.15, 0.2) is 0 Å². The van der Waals surface area contributed by atoms with Gasteiger partial charge in [-0.05, 0) is 42.6 Å². The Morgan fingerprint density at radius 2 is 1.94 bits per heavy atom. The third-order valence-electron chi connectivity index (χ3n) is 2.73. The SMILES string of the molecule is S=C=Nc1ccc2c(c1)N1C=CC=CN1C(Cl)=C2. The van der Waals surface area contributed by atoms with Gasteiger partial charge in [-0.2, -0.15) is 4.99 Å². The predicted molar refractivity (Wildman–Crippen MR) is 77.6 cm³/mol.